The average Bonchev–Trinajstić information content (AvgIpc) is 3.04. The molecule has 0 unspecified atom stereocenters. The quantitative estimate of drug-likeness (QED) is 0.147. The van der Waals surface area contributed by atoms with E-state index in [4.69, 9.17) is 0 Å². The largest absolute Gasteiger partial charge is 0.354 e. The Morgan fingerprint density at radius 3 is 2.16 bits per heavy atom. The van der Waals surface area contributed by atoms with Gasteiger partial charge < -0.3 is 10.2 Å². The Labute approximate surface area is 275 Å². The zero-order chi connectivity index (χ0) is 32.4. The van der Waals surface area contributed by atoms with Gasteiger partial charge in [-0.25, -0.2) is 8.42 Å². The van der Waals surface area contributed by atoms with Crippen LogP contribution in [0.25, 0.3) is 0 Å². The second kappa shape index (κ2) is 15.9. The summed E-state index contributed by atoms with van der Waals surface area (Å²) in [7, 11) is -4.15. The molecule has 4 aromatic rings. The van der Waals surface area contributed by atoms with Gasteiger partial charge in [0.2, 0.25) is 11.8 Å². The van der Waals surface area contributed by atoms with Crippen molar-refractivity contribution < 1.29 is 18.0 Å². The number of sulfonamides is 1. The second-order valence-corrected chi connectivity index (χ2v) is 13.8. The van der Waals surface area contributed by atoms with Gasteiger partial charge in [-0.1, -0.05) is 102 Å². The van der Waals surface area contributed by atoms with Gasteiger partial charge >= 0.3 is 0 Å². The lowest BCUT2D eigenvalue weighted by molar-refractivity contribution is -0.140. The Morgan fingerprint density at radius 1 is 0.844 bits per heavy atom. The molecule has 0 aliphatic rings. The lowest BCUT2D eigenvalue weighted by Crippen LogP contribution is -2.53. The number of carbonyl (C=O) groups excluding carboxylic acids is 2. The van der Waals surface area contributed by atoms with E-state index < -0.39 is 28.5 Å². The molecule has 9 heteroatoms. The van der Waals surface area contributed by atoms with Crippen molar-refractivity contribution in [1.82, 2.24) is 10.2 Å². The van der Waals surface area contributed by atoms with Crippen molar-refractivity contribution in [2.45, 2.75) is 57.5 Å². The first kappa shape index (κ1) is 33.9. The third-order valence-corrected chi connectivity index (χ3v) is 10.1. The van der Waals surface area contributed by atoms with Crippen LogP contribution in [0.4, 0.5) is 5.69 Å². The lowest BCUT2D eigenvalue weighted by atomic mass is 10.0. The molecule has 0 fully saturated rings. The Morgan fingerprint density at radius 2 is 1.49 bits per heavy atom. The molecule has 1 atom stereocenters. The highest BCUT2D eigenvalue weighted by Gasteiger charge is 2.35. The van der Waals surface area contributed by atoms with Crippen molar-refractivity contribution in [3.8, 4) is 0 Å². The molecule has 0 heterocycles. The molecule has 2 amide bonds. The van der Waals surface area contributed by atoms with Gasteiger partial charge in [-0.05, 0) is 72.9 Å². The Balaban J connectivity index is 1.81. The molecule has 0 radical (unpaired) electrons. The van der Waals surface area contributed by atoms with Crippen LogP contribution in [-0.2, 0) is 32.6 Å². The van der Waals surface area contributed by atoms with Gasteiger partial charge in [-0.3, -0.25) is 13.9 Å². The van der Waals surface area contributed by atoms with Crippen LogP contribution in [0.15, 0.2) is 112 Å². The predicted molar refractivity (Wildman–Crippen MR) is 183 cm³/mol. The molecular formula is C36H40BrN3O4S. The van der Waals surface area contributed by atoms with E-state index in [1.807, 2.05) is 81.4 Å². The van der Waals surface area contributed by atoms with E-state index in [0.29, 0.717) is 12.2 Å². The topological polar surface area (TPSA) is 86.8 Å². The van der Waals surface area contributed by atoms with Gasteiger partial charge in [-0.2, -0.15) is 0 Å². The molecule has 4 aromatic carbocycles. The summed E-state index contributed by atoms with van der Waals surface area (Å²) < 4.78 is 30.4. The Bertz CT molecular complexity index is 1700. The van der Waals surface area contributed by atoms with Crippen molar-refractivity contribution in [1.29, 1.82) is 0 Å². The number of aryl methyl sites for hydroxylation is 1. The maximum absolute atomic E-state index is 14.6. The van der Waals surface area contributed by atoms with Gasteiger partial charge in [0, 0.05) is 24.0 Å². The monoisotopic (exact) mass is 689 g/mol. The Hall–Kier alpha value is -3.95. The summed E-state index contributed by atoms with van der Waals surface area (Å²) >= 11 is 3.52. The number of hydrogen-bond acceptors (Lipinski definition) is 4. The molecule has 0 spiro atoms. The minimum atomic E-state index is -4.15. The van der Waals surface area contributed by atoms with E-state index in [-0.39, 0.29) is 23.8 Å². The molecule has 236 valence electrons. The van der Waals surface area contributed by atoms with Gasteiger partial charge in [0.15, 0.2) is 0 Å². The molecule has 45 heavy (non-hydrogen) atoms. The summed E-state index contributed by atoms with van der Waals surface area (Å²) in [5.74, 6) is -0.762. The first-order valence-corrected chi connectivity index (χ1v) is 17.3. The minimum absolute atomic E-state index is 0.0791. The van der Waals surface area contributed by atoms with E-state index in [2.05, 4.69) is 21.2 Å². The number of rotatable bonds is 14. The van der Waals surface area contributed by atoms with Gasteiger partial charge in [0.25, 0.3) is 10.0 Å². The maximum atomic E-state index is 14.6. The summed E-state index contributed by atoms with van der Waals surface area (Å²) in [4.78, 5) is 30.0. The van der Waals surface area contributed by atoms with E-state index in [9.17, 15) is 18.0 Å². The summed E-state index contributed by atoms with van der Waals surface area (Å²) in [5.41, 5.74) is 3.77. The van der Waals surface area contributed by atoms with Gasteiger partial charge in [0.1, 0.15) is 12.6 Å². The minimum Gasteiger partial charge on any atom is -0.354 e. The highest BCUT2D eigenvalue weighted by molar-refractivity contribution is 9.10. The molecule has 0 aliphatic carbocycles. The SMILES string of the molecule is CCCCNC(=O)[C@@H](Cc1ccccc1)N(Cc1cccc(Br)c1)C(=O)CN(c1cccc(C)c1C)S(=O)(=O)c1ccccc1. The van der Waals surface area contributed by atoms with Crippen molar-refractivity contribution in [3.63, 3.8) is 0 Å². The van der Waals surface area contributed by atoms with Crippen LogP contribution in [0.5, 0.6) is 0 Å². The van der Waals surface area contributed by atoms with Crippen LogP contribution in [0, 0.1) is 13.8 Å². The molecule has 0 aromatic heterocycles. The van der Waals surface area contributed by atoms with Crippen LogP contribution in [0.3, 0.4) is 0 Å². The number of nitrogens with one attached hydrogen (secondary N) is 1. The molecule has 0 saturated carbocycles. The summed E-state index contributed by atoms with van der Waals surface area (Å²) in [6, 6.07) is 29.8. The smallest absolute Gasteiger partial charge is 0.264 e. The van der Waals surface area contributed by atoms with Crippen molar-refractivity contribution in [2.24, 2.45) is 0 Å². The number of amides is 2. The number of benzene rings is 4. The number of nitrogens with zero attached hydrogens (tertiary/aromatic N) is 2. The normalized spacial score (nSPS) is 11.9. The fraction of sp³-hybridized carbons (Fsp3) is 0.278. The van der Waals surface area contributed by atoms with Crippen LogP contribution in [0.1, 0.15) is 42.0 Å². The van der Waals surface area contributed by atoms with Crippen LogP contribution in [-0.4, -0.2) is 44.3 Å². The van der Waals surface area contributed by atoms with Gasteiger partial charge in [-0.15, -0.1) is 0 Å². The summed E-state index contributed by atoms with van der Waals surface area (Å²) in [6.45, 7) is 5.92. The van der Waals surface area contributed by atoms with Crippen LogP contribution < -0.4 is 9.62 Å². The number of halogens is 1. The van der Waals surface area contributed by atoms with Crippen molar-refractivity contribution in [2.75, 3.05) is 17.4 Å². The molecule has 0 bridgehead atoms. The van der Waals surface area contributed by atoms with Crippen molar-refractivity contribution in [3.05, 3.63) is 130 Å². The summed E-state index contributed by atoms with van der Waals surface area (Å²) in [6.07, 6.45) is 1.99. The number of anilines is 1. The number of unbranched alkanes of at least 4 members (excludes halogenated alkanes) is 1. The molecule has 7 nitrogen and oxygen atoms in total. The molecular weight excluding hydrogens is 650 g/mol. The highest BCUT2D eigenvalue weighted by atomic mass is 79.9. The average molecular weight is 691 g/mol. The second-order valence-electron chi connectivity index (χ2n) is 11.0. The van der Waals surface area contributed by atoms with E-state index in [1.165, 1.54) is 21.3 Å². The predicted octanol–water partition coefficient (Wildman–Crippen LogP) is 6.82. The van der Waals surface area contributed by atoms with Gasteiger partial charge in [0.05, 0.1) is 10.6 Å². The van der Waals surface area contributed by atoms with Crippen LogP contribution >= 0.6 is 15.9 Å². The fourth-order valence-corrected chi connectivity index (χ4v) is 7.07. The van der Waals surface area contributed by atoms with E-state index in [0.717, 1.165) is 39.6 Å². The van der Waals surface area contributed by atoms with E-state index in [1.54, 1.807) is 30.3 Å². The fourth-order valence-electron chi connectivity index (χ4n) is 5.13. The maximum Gasteiger partial charge on any atom is 0.264 e. The molecule has 0 saturated heterocycles. The zero-order valence-corrected chi connectivity index (χ0v) is 28.4. The van der Waals surface area contributed by atoms with E-state index >= 15 is 0 Å². The first-order valence-electron chi connectivity index (χ1n) is 15.1. The third-order valence-electron chi connectivity index (χ3n) is 7.80. The zero-order valence-electron chi connectivity index (χ0n) is 25.9. The number of hydrogen-bond donors (Lipinski definition) is 1. The van der Waals surface area contributed by atoms with Crippen LogP contribution in [0.2, 0.25) is 0 Å². The lowest BCUT2D eigenvalue weighted by Gasteiger charge is -2.34. The number of carbonyl (C=O) groups is 2. The molecule has 4 rings (SSSR count). The molecule has 0 aliphatic heterocycles. The standard InChI is InChI=1S/C36H40BrN3O4S/c1-4-5-22-38-36(42)34(24-29-15-8-6-9-16-29)39(25-30-17-13-18-31(37)23-30)35(41)26-40(33-21-12-14-27(2)28(33)3)45(43,44)32-19-10-7-11-20-32/h6-21,23,34H,4-5,22,24-26H2,1-3H3,(H,38,42)/t34-/m1/s1. The highest BCUT2D eigenvalue weighted by Crippen LogP contribution is 2.29. The molecule has 1 N–H and O–H groups in total. The third kappa shape index (κ3) is 8.83. The summed E-state index contributed by atoms with van der Waals surface area (Å²) in [5, 5.41) is 3.02. The first-order chi connectivity index (χ1) is 21.6. The Kier molecular flexibility index (Phi) is 12.0. The van der Waals surface area contributed by atoms with Crippen molar-refractivity contribution >= 4 is 43.5 Å².